The summed E-state index contributed by atoms with van der Waals surface area (Å²) in [6, 6.07) is 6.65. The van der Waals surface area contributed by atoms with Crippen LogP contribution in [-0.4, -0.2) is 39.7 Å². The van der Waals surface area contributed by atoms with Crippen molar-refractivity contribution in [2.75, 3.05) is 30.3 Å². The molecule has 0 aromatic heterocycles. The summed E-state index contributed by atoms with van der Waals surface area (Å²) in [6.07, 6.45) is 0. The predicted octanol–water partition coefficient (Wildman–Crippen LogP) is 0.412. The van der Waals surface area contributed by atoms with Crippen molar-refractivity contribution in [1.29, 1.82) is 0 Å². The zero-order valence-corrected chi connectivity index (χ0v) is 9.78. The van der Waals surface area contributed by atoms with Crippen LogP contribution in [-0.2, 0) is 5.91 Å². The molecular weight excluding hydrogens is 224 g/mol. The van der Waals surface area contributed by atoms with Gasteiger partial charge in [0, 0.05) is 35.8 Å². The molecule has 0 aliphatic carbocycles. The van der Waals surface area contributed by atoms with Crippen molar-refractivity contribution in [3.63, 3.8) is 0 Å². The van der Waals surface area contributed by atoms with Gasteiger partial charge < -0.3 is 15.9 Å². The maximum Gasteiger partial charge on any atom is 0.253 e. The van der Waals surface area contributed by atoms with E-state index in [0.29, 0.717) is 24.3 Å². The molecule has 1 heterocycles. The van der Waals surface area contributed by atoms with E-state index < -0.39 is 5.91 Å². The van der Waals surface area contributed by atoms with Crippen molar-refractivity contribution in [2.24, 2.45) is 0 Å². The number of benzene rings is 1. The van der Waals surface area contributed by atoms with Crippen LogP contribution in [0.2, 0.25) is 0 Å². The van der Waals surface area contributed by atoms with Gasteiger partial charge in [-0.3, -0.25) is 0 Å². The number of aliphatic hydroxyl groups is 2. The van der Waals surface area contributed by atoms with Gasteiger partial charge in [-0.25, -0.2) is 4.90 Å². The Morgan fingerprint density at radius 2 is 1.69 bits per heavy atom. The first-order valence-corrected chi connectivity index (χ1v) is 6.40. The molecule has 0 unspecified atom stereocenters. The number of rotatable bonds is 2. The Bertz CT molecular complexity index is 348. The molecule has 1 aliphatic heterocycles. The van der Waals surface area contributed by atoms with Crippen LogP contribution in [0.1, 0.15) is 5.56 Å². The van der Waals surface area contributed by atoms with Gasteiger partial charge in [-0.1, -0.05) is 12.1 Å². The highest BCUT2D eigenvalue weighted by Gasteiger charge is 2.34. The SMILES string of the molecule is Nc1ccc(C(O)(O)N2CCSCC2)cc1. The summed E-state index contributed by atoms with van der Waals surface area (Å²) in [5, 5.41) is 20.3. The first-order chi connectivity index (χ1) is 7.60. The van der Waals surface area contributed by atoms with Crippen molar-refractivity contribution < 1.29 is 10.2 Å². The normalized spacial score (nSPS) is 18.6. The van der Waals surface area contributed by atoms with Gasteiger partial charge in [-0.2, -0.15) is 11.8 Å². The second-order valence-corrected chi connectivity index (χ2v) is 5.08. The van der Waals surface area contributed by atoms with E-state index in [-0.39, 0.29) is 0 Å². The molecule has 0 atom stereocenters. The third kappa shape index (κ3) is 2.32. The summed E-state index contributed by atoms with van der Waals surface area (Å²) >= 11 is 1.83. The summed E-state index contributed by atoms with van der Waals surface area (Å²) in [7, 11) is 0. The van der Waals surface area contributed by atoms with E-state index >= 15 is 0 Å². The van der Waals surface area contributed by atoms with Gasteiger partial charge in [-0.05, 0) is 12.1 Å². The molecule has 5 heteroatoms. The molecule has 16 heavy (non-hydrogen) atoms. The summed E-state index contributed by atoms with van der Waals surface area (Å²) in [5.74, 6) is -0.0234. The molecule has 0 spiro atoms. The molecule has 0 amide bonds. The molecule has 4 N–H and O–H groups in total. The van der Waals surface area contributed by atoms with Crippen LogP contribution in [0.15, 0.2) is 24.3 Å². The predicted molar refractivity (Wildman–Crippen MR) is 65.9 cm³/mol. The molecule has 0 radical (unpaired) electrons. The highest BCUT2D eigenvalue weighted by Crippen LogP contribution is 2.26. The van der Waals surface area contributed by atoms with E-state index in [1.807, 2.05) is 11.8 Å². The van der Waals surface area contributed by atoms with Gasteiger partial charge in [-0.15, -0.1) is 0 Å². The lowest BCUT2D eigenvalue weighted by Crippen LogP contribution is -2.49. The lowest BCUT2D eigenvalue weighted by Gasteiger charge is -2.37. The minimum Gasteiger partial charge on any atom is -0.399 e. The third-order valence-corrected chi connectivity index (χ3v) is 3.69. The minimum atomic E-state index is -1.88. The summed E-state index contributed by atoms with van der Waals surface area (Å²) < 4.78 is 0. The van der Waals surface area contributed by atoms with Crippen LogP contribution in [0.3, 0.4) is 0 Å². The Morgan fingerprint density at radius 1 is 1.12 bits per heavy atom. The lowest BCUT2D eigenvalue weighted by molar-refractivity contribution is -0.273. The number of nitrogens with zero attached hydrogens (tertiary/aromatic N) is 1. The number of thioether (sulfide) groups is 1. The second-order valence-electron chi connectivity index (χ2n) is 3.86. The van der Waals surface area contributed by atoms with Crippen LogP contribution in [0.4, 0.5) is 5.69 Å². The maximum atomic E-state index is 10.1. The van der Waals surface area contributed by atoms with Crippen molar-refractivity contribution in [3.05, 3.63) is 29.8 Å². The van der Waals surface area contributed by atoms with Crippen LogP contribution in [0.25, 0.3) is 0 Å². The smallest absolute Gasteiger partial charge is 0.253 e. The first-order valence-electron chi connectivity index (χ1n) is 5.24. The quantitative estimate of drug-likeness (QED) is 0.516. The summed E-state index contributed by atoms with van der Waals surface area (Å²) in [6.45, 7) is 1.37. The molecule has 2 rings (SSSR count). The van der Waals surface area contributed by atoms with Gasteiger partial charge in [0.05, 0.1) is 0 Å². The second kappa shape index (κ2) is 4.63. The molecule has 1 aliphatic rings. The highest BCUT2D eigenvalue weighted by molar-refractivity contribution is 7.99. The van der Waals surface area contributed by atoms with Crippen molar-refractivity contribution in [3.8, 4) is 0 Å². The van der Waals surface area contributed by atoms with Gasteiger partial charge in [0.25, 0.3) is 5.91 Å². The molecule has 88 valence electrons. The average molecular weight is 240 g/mol. The third-order valence-electron chi connectivity index (χ3n) is 2.75. The van der Waals surface area contributed by atoms with Crippen molar-refractivity contribution in [1.82, 2.24) is 4.90 Å². The number of nitrogen functional groups attached to an aromatic ring is 1. The number of nitrogens with two attached hydrogens (primary N) is 1. The molecule has 1 aromatic carbocycles. The van der Waals surface area contributed by atoms with Gasteiger partial charge >= 0.3 is 0 Å². The van der Waals surface area contributed by atoms with E-state index in [1.165, 1.54) is 0 Å². The molecule has 0 saturated carbocycles. The Hall–Kier alpha value is -0.750. The average Bonchev–Trinajstić information content (AvgIpc) is 2.31. The monoisotopic (exact) mass is 240 g/mol. The van der Waals surface area contributed by atoms with Crippen LogP contribution in [0.5, 0.6) is 0 Å². The summed E-state index contributed by atoms with van der Waals surface area (Å²) in [4.78, 5) is 1.68. The van der Waals surface area contributed by atoms with Gasteiger partial charge in [0.1, 0.15) is 0 Å². The number of hydrogen-bond donors (Lipinski definition) is 3. The zero-order chi connectivity index (χ0) is 11.6. The number of anilines is 1. The van der Waals surface area contributed by atoms with E-state index in [0.717, 1.165) is 11.5 Å². The van der Waals surface area contributed by atoms with E-state index in [1.54, 1.807) is 29.2 Å². The minimum absolute atomic E-state index is 0.466. The fraction of sp³-hybridized carbons (Fsp3) is 0.455. The van der Waals surface area contributed by atoms with Crippen LogP contribution < -0.4 is 5.73 Å². The zero-order valence-electron chi connectivity index (χ0n) is 8.97. The Labute approximate surface area is 99.1 Å². The molecule has 1 saturated heterocycles. The van der Waals surface area contributed by atoms with E-state index in [2.05, 4.69) is 0 Å². The van der Waals surface area contributed by atoms with Gasteiger partial charge in [0.15, 0.2) is 0 Å². The fourth-order valence-electron chi connectivity index (χ4n) is 1.76. The standard InChI is InChI=1S/C11H16N2O2S/c12-10-3-1-9(2-4-10)11(14,15)13-5-7-16-8-6-13/h1-4,14-15H,5-8,12H2. The van der Waals surface area contributed by atoms with Crippen LogP contribution in [0, 0.1) is 0 Å². The van der Waals surface area contributed by atoms with E-state index in [9.17, 15) is 10.2 Å². The summed E-state index contributed by atoms with van der Waals surface area (Å²) in [5.41, 5.74) is 6.65. The van der Waals surface area contributed by atoms with Crippen LogP contribution >= 0.6 is 11.8 Å². The highest BCUT2D eigenvalue weighted by atomic mass is 32.2. The lowest BCUT2D eigenvalue weighted by atomic mass is 10.1. The molecule has 1 aromatic rings. The molecular formula is C11H16N2O2S. The molecule has 1 fully saturated rings. The molecule has 4 nitrogen and oxygen atoms in total. The largest absolute Gasteiger partial charge is 0.399 e. The Kier molecular flexibility index (Phi) is 3.39. The van der Waals surface area contributed by atoms with E-state index in [4.69, 9.17) is 5.73 Å². The first kappa shape index (κ1) is 11.7. The van der Waals surface area contributed by atoms with Crippen molar-refractivity contribution in [2.45, 2.75) is 5.91 Å². The topological polar surface area (TPSA) is 69.7 Å². The van der Waals surface area contributed by atoms with Crippen molar-refractivity contribution >= 4 is 17.4 Å². The van der Waals surface area contributed by atoms with Gasteiger partial charge in [0.2, 0.25) is 0 Å². The Morgan fingerprint density at radius 3 is 2.25 bits per heavy atom. The molecule has 0 bridgehead atoms. The Balaban J connectivity index is 2.19. The fourth-order valence-corrected chi connectivity index (χ4v) is 2.67. The number of hydrogen-bond acceptors (Lipinski definition) is 5. The maximum absolute atomic E-state index is 10.1.